The molecule has 0 aliphatic heterocycles. The number of halogens is 2. The summed E-state index contributed by atoms with van der Waals surface area (Å²) in [7, 11) is 0. The first-order valence-corrected chi connectivity index (χ1v) is 9.58. The van der Waals surface area contributed by atoms with Gasteiger partial charge in [-0.15, -0.1) is 0 Å². The Balaban J connectivity index is 1.59. The van der Waals surface area contributed by atoms with Crippen LogP contribution in [0.2, 0.25) is 10.0 Å². The maximum atomic E-state index is 12.3. The van der Waals surface area contributed by atoms with Gasteiger partial charge in [-0.1, -0.05) is 47.0 Å². The summed E-state index contributed by atoms with van der Waals surface area (Å²) in [5.74, 6) is -0.485. The van der Waals surface area contributed by atoms with E-state index >= 15 is 0 Å². The van der Waals surface area contributed by atoms with E-state index in [1.54, 1.807) is 54.6 Å². The fraction of sp³-hybridized carbons (Fsp3) is 0.0435. The number of amides is 2. The fourth-order valence-corrected chi connectivity index (χ4v) is 3.08. The van der Waals surface area contributed by atoms with Gasteiger partial charge in [0.2, 0.25) is 5.91 Å². The number of aryl methyl sites for hydroxylation is 1. The van der Waals surface area contributed by atoms with Gasteiger partial charge in [-0.25, -0.2) is 0 Å². The topological polar surface area (TPSA) is 58.2 Å². The smallest absolute Gasteiger partial charge is 0.255 e. The van der Waals surface area contributed by atoms with Gasteiger partial charge in [0.1, 0.15) is 0 Å². The average molecular weight is 425 g/mol. The first kappa shape index (κ1) is 20.6. The molecule has 0 radical (unpaired) electrons. The van der Waals surface area contributed by atoms with Gasteiger partial charge in [-0.2, -0.15) is 0 Å². The fourth-order valence-electron chi connectivity index (χ4n) is 2.61. The molecule has 2 amide bonds. The van der Waals surface area contributed by atoms with Crippen LogP contribution in [0.4, 0.5) is 11.4 Å². The first-order chi connectivity index (χ1) is 13.9. The van der Waals surface area contributed by atoms with Crippen LogP contribution in [0, 0.1) is 6.92 Å². The van der Waals surface area contributed by atoms with Crippen LogP contribution in [-0.4, -0.2) is 11.8 Å². The SMILES string of the molecule is Cc1cccc(C(=O)Nc2ccc(NC(=O)C=Cc3ccc(Cl)cc3Cl)cc2)c1. The number of nitrogens with one attached hydrogen (secondary N) is 2. The van der Waals surface area contributed by atoms with E-state index in [0.717, 1.165) is 5.56 Å². The van der Waals surface area contributed by atoms with Crippen molar-refractivity contribution in [3.05, 3.63) is 99.5 Å². The third-order valence-corrected chi connectivity index (χ3v) is 4.63. The van der Waals surface area contributed by atoms with Gasteiger partial charge in [-0.3, -0.25) is 9.59 Å². The highest BCUT2D eigenvalue weighted by molar-refractivity contribution is 6.35. The molecular formula is C23H18Cl2N2O2. The molecular weight excluding hydrogens is 407 g/mol. The molecule has 0 atom stereocenters. The molecule has 0 saturated heterocycles. The number of hydrogen-bond acceptors (Lipinski definition) is 2. The lowest BCUT2D eigenvalue weighted by molar-refractivity contribution is -0.111. The van der Waals surface area contributed by atoms with Gasteiger partial charge in [0.05, 0.1) is 0 Å². The van der Waals surface area contributed by atoms with E-state index in [2.05, 4.69) is 10.6 Å². The van der Waals surface area contributed by atoms with Gasteiger partial charge >= 0.3 is 0 Å². The molecule has 2 N–H and O–H groups in total. The Bertz CT molecular complexity index is 1080. The normalized spacial score (nSPS) is 10.7. The molecule has 29 heavy (non-hydrogen) atoms. The summed E-state index contributed by atoms with van der Waals surface area (Å²) in [6.07, 6.45) is 3.01. The van der Waals surface area contributed by atoms with Crippen molar-refractivity contribution < 1.29 is 9.59 Å². The zero-order valence-electron chi connectivity index (χ0n) is 15.6. The molecule has 3 aromatic carbocycles. The van der Waals surface area contributed by atoms with Gasteiger partial charge in [0.25, 0.3) is 5.91 Å². The lowest BCUT2D eigenvalue weighted by Gasteiger charge is -2.07. The van der Waals surface area contributed by atoms with Crippen molar-refractivity contribution in [1.29, 1.82) is 0 Å². The standard InChI is InChI=1S/C23H18Cl2N2O2/c1-15-3-2-4-17(13-15)23(29)27-20-10-8-19(9-11-20)26-22(28)12-6-16-5-7-18(24)14-21(16)25/h2-14H,1H3,(H,26,28)(H,27,29). The Morgan fingerprint density at radius 2 is 1.55 bits per heavy atom. The van der Waals surface area contributed by atoms with Crippen molar-refractivity contribution in [3.63, 3.8) is 0 Å². The van der Waals surface area contributed by atoms with E-state index in [-0.39, 0.29) is 11.8 Å². The molecule has 0 heterocycles. The summed E-state index contributed by atoms with van der Waals surface area (Å²) in [5, 5.41) is 6.59. The maximum Gasteiger partial charge on any atom is 0.255 e. The number of carbonyl (C=O) groups excluding carboxylic acids is 2. The highest BCUT2D eigenvalue weighted by Gasteiger charge is 2.06. The summed E-state index contributed by atoms with van der Waals surface area (Å²) in [4.78, 5) is 24.4. The minimum Gasteiger partial charge on any atom is -0.323 e. The number of hydrogen-bond donors (Lipinski definition) is 2. The number of rotatable bonds is 5. The van der Waals surface area contributed by atoms with E-state index in [4.69, 9.17) is 23.2 Å². The van der Waals surface area contributed by atoms with Crippen LogP contribution in [0.3, 0.4) is 0 Å². The van der Waals surface area contributed by atoms with Crippen molar-refractivity contribution in [1.82, 2.24) is 0 Å². The third kappa shape index (κ3) is 5.95. The maximum absolute atomic E-state index is 12.3. The molecule has 0 spiro atoms. The minimum atomic E-state index is -0.299. The van der Waals surface area contributed by atoms with Gasteiger partial charge < -0.3 is 10.6 Å². The molecule has 0 bridgehead atoms. The van der Waals surface area contributed by atoms with Crippen molar-refractivity contribution in [2.45, 2.75) is 6.92 Å². The van der Waals surface area contributed by atoms with Crippen molar-refractivity contribution >= 4 is 52.5 Å². The monoisotopic (exact) mass is 424 g/mol. The summed E-state index contributed by atoms with van der Waals surface area (Å²) in [6, 6.07) is 19.3. The Labute approximate surface area is 179 Å². The zero-order chi connectivity index (χ0) is 20.8. The quantitative estimate of drug-likeness (QED) is 0.478. The lowest BCUT2D eigenvalue weighted by Crippen LogP contribution is -2.12. The Kier molecular flexibility index (Phi) is 6.70. The largest absolute Gasteiger partial charge is 0.323 e. The van der Waals surface area contributed by atoms with Crippen LogP contribution in [0.15, 0.2) is 72.8 Å². The van der Waals surface area contributed by atoms with Gasteiger partial charge in [0.15, 0.2) is 0 Å². The molecule has 3 rings (SSSR count). The van der Waals surface area contributed by atoms with E-state index < -0.39 is 0 Å². The van der Waals surface area contributed by atoms with Crippen molar-refractivity contribution in [2.75, 3.05) is 10.6 Å². The second kappa shape index (κ2) is 9.41. The average Bonchev–Trinajstić information content (AvgIpc) is 2.69. The summed E-state index contributed by atoms with van der Waals surface area (Å²) in [6.45, 7) is 1.93. The highest BCUT2D eigenvalue weighted by Crippen LogP contribution is 2.22. The van der Waals surface area contributed by atoms with E-state index in [9.17, 15) is 9.59 Å². The van der Waals surface area contributed by atoms with Crippen LogP contribution in [0.5, 0.6) is 0 Å². The number of benzene rings is 3. The number of carbonyl (C=O) groups is 2. The molecule has 0 aliphatic carbocycles. The molecule has 0 aliphatic rings. The summed E-state index contributed by atoms with van der Waals surface area (Å²) >= 11 is 11.9. The Morgan fingerprint density at radius 1 is 0.862 bits per heavy atom. The van der Waals surface area contributed by atoms with E-state index in [1.165, 1.54) is 6.08 Å². The van der Waals surface area contributed by atoms with Crippen molar-refractivity contribution in [2.24, 2.45) is 0 Å². The second-order valence-corrected chi connectivity index (χ2v) is 7.23. The van der Waals surface area contributed by atoms with Crippen LogP contribution in [0.1, 0.15) is 21.5 Å². The highest BCUT2D eigenvalue weighted by atomic mass is 35.5. The molecule has 3 aromatic rings. The molecule has 4 nitrogen and oxygen atoms in total. The predicted octanol–water partition coefficient (Wildman–Crippen LogP) is 6.21. The van der Waals surface area contributed by atoms with Gasteiger partial charge in [-0.05, 0) is 67.1 Å². The summed E-state index contributed by atoms with van der Waals surface area (Å²) in [5.41, 5.74) is 3.55. The Hall–Kier alpha value is -3.08. The van der Waals surface area contributed by atoms with Crippen molar-refractivity contribution in [3.8, 4) is 0 Å². The minimum absolute atomic E-state index is 0.187. The summed E-state index contributed by atoms with van der Waals surface area (Å²) < 4.78 is 0. The number of anilines is 2. The molecule has 0 saturated carbocycles. The van der Waals surface area contributed by atoms with E-state index in [0.29, 0.717) is 32.5 Å². The molecule has 0 unspecified atom stereocenters. The Morgan fingerprint density at radius 3 is 2.21 bits per heavy atom. The molecule has 0 aromatic heterocycles. The predicted molar refractivity (Wildman–Crippen MR) is 120 cm³/mol. The van der Waals surface area contributed by atoms with Crippen LogP contribution in [0.25, 0.3) is 6.08 Å². The van der Waals surface area contributed by atoms with Crippen LogP contribution < -0.4 is 10.6 Å². The van der Waals surface area contributed by atoms with Crippen LogP contribution in [-0.2, 0) is 4.79 Å². The first-order valence-electron chi connectivity index (χ1n) is 8.83. The lowest BCUT2D eigenvalue weighted by atomic mass is 10.1. The second-order valence-electron chi connectivity index (χ2n) is 6.39. The van der Waals surface area contributed by atoms with Crippen LogP contribution >= 0.6 is 23.2 Å². The molecule has 0 fully saturated rings. The zero-order valence-corrected chi connectivity index (χ0v) is 17.1. The molecule has 6 heteroatoms. The van der Waals surface area contributed by atoms with E-state index in [1.807, 2.05) is 25.1 Å². The molecule has 146 valence electrons. The third-order valence-electron chi connectivity index (χ3n) is 4.07. The van der Waals surface area contributed by atoms with Gasteiger partial charge in [0, 0.05) is 33.1 Å².